The number of aliphatic hydroxyl groups excluding tert-OH is 1. The highest BCUT2D eigenvalue weighted by molar-refractivity contribution is 5.86. The van der Waals surface area contributed by atoms with E-state index in [1.807, 2.05) is 0 Å². The molecule has 0 radical (unpaired) electrons. The zero-order chi connectivity index (χ0) is 14.5. The molecule has 0 spiro atoms. The average Bonchev–Trinajstić information content (AvgIpc) is 2.88. The molecule has 0 aromatic carbocycles. The highest BCUT2D eigenvalue weighted by atomic mass is 16.4. The Morgan fingerprint density at radius 2 is 1.95 bits per heavy atom. The van der Waals surface area contributed by atoms with Crippen LogP contribution in [0.4, 0.5) is 4.79 Å². The van der Waals surface area contributed by atoms with Crippen LogP contribution in [0.25, 0.3) is 0 Å². The Balaban J connectivity index is 2.73. The molecule has 110 valence electrons. The number of carbonyl (C=O) groups is 2. The number of hydrogen-bond donors (Lipinski definition) is 3. The number of urea groups is 1. The van der Waals surface area contributed by atoms with Gasteiger partial charge in [-0.3, -0.25) is 0 Å². The van der Waals surface area contributed by atoms with E-state index in [4.69, 9.17) is 5.11 Å². The first-order valence-electron chi connectivity index (χ1n) is 6.87. The molecule has 1 aliphatic rings. The Kier molecular flexibility index (Phi) is 5.60. The molecule has 0 aromatic heterocycles. The maximum Gasteiger partial charge on any atom is 0.329 e. The highest BCUT2D eigenvalue weighted by Gasteiger charge is 2.36. The topological polar surface area (TPSA) is 89.9 Å². The van der Waals surface area contributed by atoms with E-state index in [0.717, 1.165) is 25.7 Å². The fourth-order valence-electron chi connectivity index (χ4n) is 2.37. The van der Waals surface area contributed by atoms with Gasteiger partial charge in [-0.1, -0.05) is 19.8 Å². The molecule has 6 heteroatoms. The number of hydrogen-bond acceptors (Lipinski definition) is 3. The van der Waals surface area contributed by atoms with Crippen molar-refractivity contribution in [2.45, 2.75) is 57.5 Å². The Morgan fingerprint density at radius 1 is 1.37 bits per heavy atom. The number of amides is 2. The molecular formula is C13H24N2O4. The van der Waals surface area contributed by atoms with Crippen LogP contribution in [-0.2, 0) is 4.79 Å². The van der Waals surface area contributed by atoms with Crippen LogP contribution >= 0.6 is 0 Å². The van der Waals surface area contributed by atoms with E-state index in [2.05, 4.69) is 5.32 Å². The quantitative estimate of drug-likeness (QED) is 0.677. The van der Waals surface area contributed by atoms with Crippen molar-refractivity contribution in [3.8, 4) is 0 Å². The predicted octanol–water partition coefficient (Wildman–Crippen LogP) is 1.19. The highest BCUT2D eigenvalue weighted by Crippen LogP contribution is 2.24. The van der Waals surface area contributed by atoms with Gasteiger partial charge in [0.25, 0.3) is 0 Å². The van der Waals surface area contributed by atoms with Crippen molar-refractivity contribution in [2.24, 2.45) is 0 Å². The zero-order valence-electron chi connectivity index (χ0n) is 11.7. The maximum absolute atomic E-state index is 12.2. The molecular weight excluding hydrogens is 248 g/mol. The van der Waals surface area contributed by atoms with Gasteiger partial charge >= 0.3 is 12.0 Å². The molecule has 1 aliphatic carbocycles. The van der Waals surface area contributed by atoms with Gasteiger partial charge in [-0.15, -0.1) is 0 Å². The number of aliphatic hydroxyl groups is 1. The van der Waals surface area contributed by atoms with Crippen LogP contribution in [0, 0.1) is 0 Å². The number of nitrogens with one attached hydrogen (secondary N) is 1. The minimum Gasteiger partial charge on any atom is -0.480 e. The summed E-state index contributed by atoms with van der Waals surface area (Å²) in [6.07, 6.45) is 4.30. The molecule has 6 nitrogen and oxygen atoms in total. The fourth-order valence-corrected chi connectivity index (χ4v) is 2.37. The van der Waals surface area contributed by atoms with Gasteiger partial charge in [0.15, 0.2) is 0 Å². The molecule has 1 atom stereocenters. The summed E-state index contributed by atoms with van der Waals surface area (Å²) >= 11 is 0. The van der Waals surface area contributed by atoms with Crippen molar-refractivity contribution >= 4 is 12.0 Å². The van der Waals surface area contributed by atoms with Crippen LogP contribution in [0.2, 0.25) is 0 Å². The number of aliphatic carboxylic acids is 1. The van der Waals surface area contributed by atoms with Crippen LogP contribution in [0.3, 0.4) is 0 Å². The summed E-state index contributed by atoms with van der Waals surface area (Å²) in [5.74, 6) is -1.04. The van der Waals surface area contributed by atoms with Crippen LogP contribution in [0.5, 0.6) is 0 Å². The van der Waals surface area contributed by atoms with E-state index in [1.54, 1.807) is 11.8 Å². The number of carboxylic acid groups (broad SMARTS) is 1. The van der Waals surface area contributed by atoms with Gasteiger partial charge in [-0.2, -0.15) is 0 Å². The summed E-state index contributed by atoms with van der Waals surface area (Å²) in [5.41, 5.74) is -1.26. The molecule has 1 rings (SSSR count). The lowest BCUT2D eigenvalue weighted by molar-refractivity contribution is -0.143. The molecule has 2 amide bonds. The Hall–Kier alpha value is -1.30. The number of carboxylic acids is 1. The largest absolute Gasteiger partial charge is 0.480 e. The third-order valence-corrected chi connectivity index (χ3v) is 3.93. The van der Waals surface area contributed by atoms with Crippen molar-refractivity contribution in [1.82, 2.24) is 10.2 Å². The Labute approximate surface area is 113 Å². The molecule has 19 heavy (non-hydrogen) atoms. The van der Waals surface area contributed by atoms with Gasteiger partial charge < -0.3 is 20.4 Å². The second-order valence-electron chi connectivity index (χ2n) is 5.28. The normalized spacial score (nSPS) is 18.9. The molecule has 1 fully saturated rings. The van der Waals surface area contributed by atoms with E-state index in [1.165, 1.54) is 6.92 Å². The van der Waals surface area contributed by atoms with Gasteiger partial charge in [-0.25, -0.2) is 9.59 Å². The lowest BCUT2D eigenvalue weighted by Gasteiger charge is -2.33. The smallest absolute Gasteiger partial charge is 0.329 e. The lowest BCUT2D eigenvalue weighted by atomic mass is 9.99. The SMILES string of the molecule is CCC(C)(NC(=O)N(CCO)C1CCCC1)C(=O)O. The molecule has 0 saturated heterocycles. The molecule has 0 heterocycles. The second-order valence-corrected chi connectivity index (χ2v) is 5.28. The van der Waals surface area contributed by atoms with E-state index >= 15 is 0 Å². The summed E-state index contributed by atoms with van der Waals surface area (Å²) in [6, 6.07) is -0.283. The third kappa shape index (κ3) is 3.83. The maximum atomic E-state index is 12.2. The summed E-state index contributed by atoms with van der Waals surface area (Å²) in [7, 11) is 0. The monoisotopic (exact) mass is 272 g/mol. The predicted molar refractivity (Wildman–Crippen MR) is 70.9 cm³/mol. The fraction of sp³-hybridized carbons (Fsp3) is 0.846. The van der Waals surface area contributed by atoms with Gasteiger partial charge in [0.05, 0.1) is 6.61 Å². The van der Waals surface area contributed by atoms with Crippen LogP contribution in [-0.4, -0.2) is 51.8 Å². The van der Waals surface area contributed by atoms with Gasteiger partial charge in [-0.05, 0) is 26.2 Å². The molecule has 1 unspecified atom stereocenters. The molecule has 0 bridgehead atoms. The van der Waals surface area contributed by atoms with Crippen molar-refractivity contribution in [2.75, 3.05) is 13.2 Å². The summed E-state index contributed by atoms with van der Waals surface area (Å²) in [5, 5.41) is 20.8. The van der Waals surface area contributed by atoms with Crippen LogP contribution in [0.1, 0.15) is 46.0 Å². The van der Waals surface area contributed by atoms with Gasteiger partial charge in [0.2, 0.25) is 0 Å². The average molecular weight is 272 g/mol. The number of nitrogens with zero attached hydrogens (tertiary/aromatic N) is 1. The first kappa shape index (κ1) is 15.8. The third-order valence-electron chi connectivity index (χ3n) is 3.93. The van der Waals surface area contributed by atoms with E-state index in [-0.39, 0.29) is 19.2 Å². The standard InChI is InChI=1S/C13H24N2O4/c1-3-13(2,11(17)18)14-12(19)15(8-9-16)10-6-4-5-7-10/h10,16H,3-9H2,1-2H3,(H,14,19)(H,17,18). The zero-order valence-corrected chi connectivity index (χ0v) is 11.7. The summed E-state index contributed by atoms with van der Waals surface area (Å²) in [6.45, 7) is 3.36. The van der Waals surface area contributed by atoms with Gasteiger partial charge in [0, 0.05) is 12.6 Å². The Bertz CT molecular complexity index is 329. The first-order valence-corrected chi connectivity index (χ1v) is 6.87. The van der Waals surface area contributed by atoms with E-state index in [9.17, 15) is 14.7 Å². The Morgan fingerprint density at radius 3 is 2.37 bits per heavy atom. The van der Waals surface area contributed by atoms with Crippen molar-refractivity contribution in [1.29, 1.82) is 0 Å². The first-order chi connectivity index (χ1) is 8.94. The lowest BCUT2D eigenvalue weighted by Crippen LogP contribution is -2.57. The van der Waals surface area contributed by atoms with Crippen LogP contribution in [0.15, 0.2) is 0 Å². The number of rotatable bonds is 6. The molecule has 0 aromatic rings. The van der Waals surface area contributed by atoms with Crippen molar-refractivity contribution in [3.63, 3.8) is 0 Å². The van der Waals surface area contributed by atoms with Gasteiger partial charge in [0.1, 0.15) is 5.54 Å². The van der Waals surface area contributed by atoms with Crippen LogP contribution < -0.4 is 5.32 Å². The second kappa shape index (κ2) is 6.75. The summed E-state index contributed by atoms with van der Waals surface area (Å²) in [4.78, 5) is 25.0. The minimum absolute atomic E-state index is 0.111. The molecule has 3 N–H and O–H groups in total. The molecule has 1 saturated carbocycles. The molecule has 0 aliphatic heterocycles. The van der Waals surface area contributed by atoms with Crippen molar-refractivity contribution < 1.29 is 19.8 Å². The number of carbonyl (C=O) groups excluding carboxylic acids is 1. The van der Waals surface area contributed by atoms with Crippen molar-refractivity contribution in [3.05, 3.63) is 0 Å². The van der Waals surface area contributed by atoms with E-state index in [0.29, 0.717) is 6.42 Å². The minimum atomic E-state index is -1.26. The van der Waals surface area contributed by atoms with E-state index < -0.39 is 17.5 Å². The summed E-state index contributed by atoms with van der Waals surface area (Å²) < 4.78 is 0.